The number of fused-ring (bicyclic) bond motifs is 3. The average Bonchev–Trinajstić information content (AvgIpc) is 3.12. The van der Waals surface area contributed by atoms with Gasteiger partial charge in [0.1, 0.15) is 12.6 Å². The number of aliphatic carboxylic acids is 1. The molecule has 0 saturated carbocycles. The Hall–Kier alpha value is -3.60. The summed E-state index contributed by atoms with van der Waals surface area (Å²) in [5.41, 5.74) is 5.41. The Kier molecular flexibility index (Phi) is 6.03. The Morgan fingerprint density at radius 2 is 1.45 bits per heavy atom. The Bertz CT molecular complexity index is 1030. The maximum absolute atomic E-state index is 12.9. The van der Waals surface area contributed by atoms with Crippen molar-refractivity contribution in [3.8, 4) is 11.1 Å². The summed E-state index contributed by atoms with van der Waals surface area (Å²) >= 11 is 0. The number of carbonyl (C=O) groups excluding carboxylic acids is 1. The van der Waals surface area contributed by atoms with Gasteiger partial charge in [-0.1, -0.05) is 78.9 Å². The molecule has 0 aromatic heterocycles. The van der Waals surface area contributed by atoms with Gasteiger partial charge in [0, 0.05) is 18.9 Å². The number of likely N-dealkylation sites (N-methyl/N-ethyl adjacent to an activating group) is 1. The highest BCUT2D eigenvalue weighted by Gasteiger charge is 2.33. The number of carboxylic acids is 1. The molecule has 31 heavy (non-hydrogen) atoms. The first-order valence-electron chi connectivity index (χ1n) is 10.5. The quantitative estimate of drug-likeness (QED) is 0.593. The van der Waals surface area contributed by atoms with Crippen molar-refractivity contribution in [1.82, 2.24) is 4.90 Å². The molecule has 0 radical (unpaired) electrons. The first-order valence-corrected chi connectivity index (χ1v) is 10.5. The van der Waals surface area contributed by atoms with Gasteiger partial charge in [-0.15, -0.1) is 0 Å². The van der Waals surface area contributed by atoms with Crippen LogP contribution in [0, 0.1) is 0 Å². The van der Waals surface area contributed by atoms with Crippen LogP contribution in [0.3, 0.4) is 0 Å². The van der Waals surface area contributed by atoms with Gasteiger partial charge < -0.3 is 9.84 Å². The lowest BCUT2D eigenvalue weighted by molar-refractivity contribution is -0.142. The van der Waals surface area contributed by atoms with Gasteiger partial charge in [-0.25, -0.2) is 9.59 Å². The van der Waals surface area contributed by atoms with E-state index in [1.54, 1.807) is 6.92 Å². The molecule has 4 rings (SSSR count). The first-order chi connectivity index (χ1) is 15.1. The second-order valence-electron chi connectivity index (χ2n) is 7.63. The average molecular weight is 415 g/mol. The molecule has 1 amide bonds. The first kappa shape index (κ1) is 20.7. The topological polar surface area (TPSA) is 66.8 Å². The van der Waals surface area contributed by atoms with Crippen LogP contribution in [0.1, 0.15) is 29.5 Å². The summed E-state index contributed by atoms with van der Waals surface area (Å²) in [6, 6.07) is 24.6. The normalized spacial score (nSPS) is 13.2. The van der Waals surface area contributed by atoms with E-state index in [-0.39, 0.29) is 25.5 Å². The van der Waals surface area contributed by atoms with E-state index in [0.29, 0.717) is 0 Å². The minimum absolute atomic E-state index is 0.0625. The molecule has 0 unspecified atom stereocenters. The minimum atomic E-state index is -1.04. The molecule has 0 saturated heterocycles. The number of nitrogens with zero attached hydrogens (tertiary/aromatic N) is 1. The Balaban J connectivity index is 1.51. The highest BCUT2D eigenvalue weighted by Crippen LogP contribution is 2.44. The number of amides is 1. The zero-order chi connectivity index (χ0) is 21.8. The van der Waals surface area contributed by atoms with Crippen LogP contribution in [-0.4, -0.2) is 41.3 Å². The second-order valence-corrected chi connectivity index (χ2v) is 7.63. The van der Waals surface area contributed by atoms with E-state index >= 15 is 0 Å². The van der Waals surface area contributed by atoms with Gasteiger partial charge in [0.15, 0.2) is 0 Å². The molecule has 0 heterocycles. The lowest BCUT2D eigenvalue weighted by atomic mass is 9.98. The summed E-state index contributed by atoms with van der Waals surface area (Å²) in [4.78, 5) is 26.2. The Labute approximate surface area is 181 Å². The van der Waals surface area contributed by atoms with Gasteiger partial charge in [0.05, 0.1) is 0 Å². The third-order valence-electron chi connectivity index (χ3n) is 5.84. The largest absolute Gasteiger partial charge is 0.480 e. The van der Waals surface area contributed by atoms with Gasteiger partial charge in [0.2, 0.25) is 0 Å². The predicted molar refractivity (Wildman–Crippen MR) is 119 cm³/mol. The van der Waals surface area contributed by atoms with Crippen LogP contribution in [0.25, 0.3) is 11.1 Å². The zero-order valence-corrected chi connectivity index (χ0v) is 17.4. The van der Waals surface area contributed by atoms with E-state index in [1.807, 2.05) is 54.6 Å². The van der Waals surface area contributed by atoms with Gasteiger partial charge in [-0.2, -0.15) is 0 Å². The minimum Gasteiger partial charge on any atom is -0.480 e. The molecule has 0 aliphatic heterocycles. The van der Waals surface area contributed by atoms with Crippen LogP contribution >= 0.6 is 0 Å². The summed E-state index contributed by atoms with van der Waals surface area (Å²) < 4.78 is 5.69. The van der Waals surface area contributed by atoms with Crippen molar-refractivity contribution in [3.63, 3.8) is 0 Å². The number of carboxylic acid groups (broad SMARTS) is 1. The van der Waals surface area contributed by atoms with Crippen LogP contribution in [0.2, 0.25) is 0 Å². The molecule has 0 bridgehead atoms. The number of hydrogen-bond acceptors (Lipinski definition) is 3. The van der Waals surface area contributed by atoms with Crippen molar-refractivity contribution in [3.05, 3.63) is 95.6 Å². The molecule has 158 valence electrons. The zero-order valence-electron chi connectivity index (χ0n) is 17.4. The Morgan fingerprint density at radius 1 is 0.903 bits per heavy atom. The summed E-state index contributed by atoms with van der Waals surface area (Å²) in [5.74, 6) is -1.10. The molecule has 3 aromatic rings. The van der Waals surface area contributed by atoms with Crippen LogP contribution in [0.4, 0.5) is 4.79 Å². The number of hydrogen-bond donors (Lipinski definition) is 1. The molecule has 1 aliphatic rings. The van der Waals surface area contributed by atoms with E-state index in [9.17, 15) is 14.7 Å². The highest BCUT2D eigenvalue weighted by atomic mass is 16.6. The maximum atomic E-state index is 12.9. The van der Waals surface area contributed by atoms with E-state index in [4.69, 9.17) is 4.74 Å². The molecule has 3 aromatic carbocycles. The molecule has 1 atom stereocenters. The summed E-state index contributed by atoms with van der Waals surface area (Å²) in [6.07, 6.45) is -0.374. The molecule has 1 N–H and O–H groups in total. The molecule has 5 heteroatoms. The van der Waals surface area contributed by atoms with Crippen molar-refractivity contribution in [2.45, 2.75) is 25.3 Å². The van der Waals surface area contributed by atoms with Crippen molar-refractivity contribution >= 4 is 12.1 Å². The standard InChI is InChI=1S/C26H25NO4/c1-2-27(24(25(28)29)16-18-10-4-3-5-11-18)26(30)31-17-23-21-14-8-6-12-19(21)20-13-7-9-15-22(20)23/h3-15,23-24H,2,16-17H2,1H3,(H,28,29)/t24-/m1/s1. The van der Waals surface area contributed by atoms with Gasteiger partial charge in [-0.05, 0) is 34.7 Å². The molecule has 0 spiro atoms. The fourth-order valence-electron chi connectivity index (χ4n) is 4.32. The van der Waals surface area contributed by atoms with E-state index in [2.05, 4.69) is 24.3 Å². The molecule has 0 fully saturated rings. The van der Waals surface area contributed by atoms with Gasteiger partial charge >= 0.3 is 12.1 Å². The summed E-state index contributed by atoms with van der Waals surface area (Å²) in [5, 5.41) is 9.78. The van der Waals surface area contributed by atoms with Gasteiger partial charge in [-0.3, -0.25) is 4.90 Å². The SMILES string of the molecule is CCN(C(=O)OCC1c2ccccc2-c2ccccc21)[C@H](Cc1ccccc1)C(=O)O. The third kappa shape index (κ3) is 4.17. The van der Waals surface area contributed by atoms with Crippen LogP contribution < -0.4 is 0 Å². The van der Waals surface area contributed by atoms with Crippen LogP contribution in [-0.2, 0) is 16.0 Å². The smallest absolute Gasteiger partial charge is 0.410 e. The summed E-state index contributed by atoms with van der Waals surface area (Å²) in [7, 11) is 0. The molecular formula is C26H25NO4. The van der Waals surface area contributed by atoms with Crippen molar-refractivity contribution in [2.75, 3.05) is 13.2 Å². The molecule has 1 aliphatic carbocycles. The van der Waals surface area contributed by atoms with Crippen molar-refractivity contribution < 1.29 is 19.4 Å². The van der Waals surface area contributed by atoms with E-state index in [1.165, 1.54) is 4.90 Å². The number of benzene rings is 3. The molecular weight excluding hydrogens is 390 g/mol. The van der Waals surface area contributed by atoms with Gasteiger partial charge in [0.25, 0.3) is 0 Å². The third-order valence-corrected chi connectivity index (χ3v) is 5.84. The lowest BCUT2D eigenvalue weighted by Crippen LogP contribution is -2.46. The lowest BCUT2D eigenvalue weighted by Gasteiger charge is -2.28. The van der Waals surface area contributed by atoms with Crippen LogP contribution in [0.5, 0.6) is 0 Å². The number of ether oxygens (including phenoxy) is 1. The number of rotatable bonds is 7. The second kappa shape index (κ2) is 9.04. The van der Waals surface area contributed by atoms with Crippen LogP contribution in [0.15, 0.2) is 78.9 Å². The number of carbonyl (C=O) groups is 2. The fourth-order valence-corrected chi connectivity index (χ4v) is 4.32. The highest BCUT2D eigenvalue weighted by molar-refractivity contribution is 5.81. The van der Waals surface area contributed by atoms with E-state index < -0.39 is 18.1 Å². The molecule has 5 nitrogen and oxygen atoms in total. The van der Waals surface area contributed by atoms with Crippen molar-refractivity contribution in [1.29, 1.82) is 0 Å². The van der Waals surface area contributed by atoms with E-state index in [0.717, 1.165) is 27.8 Å². The fraction of sp³-hybridized carbons (Fsp3) is 0.231. The maximum Gasteiger partial charge on any atom is 0.410 e. The Morgan fingerprint density at radius 3 is 2.00 bits per heavy atom. The van der Waals surface area contributed by atoms with Crippen molar-refractivity contribution in [2.24, 2.45) is 0 Å². The monoisotopic (exact) mass is 415 g/mol. The summed E-state index contributed by atoms with van der Waals surface area (Å²) in [6.45, 7) is 2.18. The predicted octanol–water partition coefficient (Wildman–Crippen LogP) is 4.95.